The number of benzene rings is 2. The molecule has 1 unspecified atom stereocenters. The van der Waals surface area contributed by atoms with Gasteiger partial charge in [-0.25, -0.2) is 9.18 Å². The van der Waals surface area contributed by atoms with Crippen molar-refractivity contribution in [3.8, 4) is 5.75 Å². The van der Waals surface area contributed by atoms with Crippen molar-refractivity contribution < 1.29 is 13.9 Å². The molecule has 36 heavy (non-hydrogen) atoms. The Kier molecular flexibility index (Phi) is 7.69. The summed E-state index contributed by atoms with van der Waals surface area (Å²) in [7, 11) is 0. The summed E-state index contributed by atoms with van der Waals surface area (Å²) in [6.07, 6.45) is 1.54. The Hall–Kier alpha value is -2.93. The van der Waals surface area contributed by atoms with E-state index in [1.165, 1.54) is 17.7 Å². The second-order valence-electron chi connectivity index (χ2n) is 10.8. The van der Waals surface area contributed by atoms with E-state index in [0.29, 0.717) is 30.3 Å². The fourth-order valence-electron chi connectivity index (χ4n) is 5.20. The molecule has 1 N–H and O–H groups in total. The zero-order valence-electron chi connectivity index (χ0n) is 22.3. The van der Waals surface area contributed by atoms with Gasteiger partial charge in [0, 0.05) is 24.8 Å². The van der Waals surface area contributed by atoms with Crippen molar-refractivity contribution in [2.75, 3.05) is 11.4 Å². The topological polar surface area (TPSA) is 57.2 Å². The van der Waals surface area contributed by atoms with Crippen LogP contribution in [0.15, 0.2) is 53.5 Å². The second kappa shape index (κ2) is 10.6. The van der Waals surface area contributed by atoms with Crippen LogP contribution in [0.2, 0.25) is 0 Å². The number of nitrogens with one attached hydrogen (secondary N) is 1. The molecule has 0 radical (unpaired) electrons. The van der Waals surface area contributed by atoms with Crippen LogP contribution in [0.5, 0.6) is 5.75 Å². The molecule has 2 fully saturated rings. The Morgan fingerprint density at radius 3 is 2.56 bits per heavy atom. The fourth-order valence-corrected chi connectivity index (χ4v) is 5.20. The normalized spacial score (nSPS) is 24.7. The van der Waals surface area contributed by atoms with E-state index in [0.717, 1.165) is 18.8 Å². The van der Waals surface area contributed by atoms with Crippen molar-refractivity contribution in [2.24, 2.45) is 10.9 Å². The van der Waals surface area contributed by atoms with Gasteiger partial charge < -0.3 is 4.74 Å². The van der Waals surface area contributed by atoms with E-state index in [9.17, 15) is 9.18 Å². The molecule has 2 saturated heterocycles. The molecule has 6 nitrogen and oxygen atoms in total. The van der Waals surface area contributed by atoms with Gasteiger partial charge in [-0.3, -0.25) is 20.1 Å². The van der Waals surface area contributed by atoms with E-state index >= 15 is 0 Å². The van der Waals surface area contributed by atoms with Gasteiger partial charge in [0.2, 0.25) is 0 Å². The van der Waals surface area contributed by atoms with Crippen molar-refractivity contribution in [1.29, 1.82) is 0 Å². The summed E-state index contributed by atoms with van der Waals surface area (Å²) in [5.74, 6) is 1.57. The van der Waals surface area contributed by atoms with E-state index in [2.05, 4.69) is 50.0 Å². The SMILES string of the molecule is CC(C)Oc1cccc(CN2CC[C@@]3(C[C@@H]2C)C(=NC(C)C(C)C)NC(=O)N3c2cccc(F)c2)c1. The Bertz CT molecular complexity index is 1120. The van der Waals surface area contributed by atoms with Gasteiger partial charge in [-0.15, -0.1) is 0 Å². The van der Waals surface area contributed by atoms with Crippen molar-refractivity contribution in [3.05, 3.63) is 59.9 Å². The summed E-state index contributed by atoms with van der Waals surface area (Å²) >= 11 is 0. The number of hydrogen-bond acceptors (Lipinski definition) is 4. The molecule has 2 amide bonds. The third kappa shape index (κ3) is 5.41. The highest BCUT2D eigenvalue weighted by Crippen LogP contribution is 2.41. The van der Waals surface area contributed by atoms with Gasteiger partial charge in [-0.05, 0) is 82.3 Å². The number of hydrogen-bond donors (Lipinski definition) is 1. The molecule has 7 heteroatoms. The monoisotopic (exact) mass is 494 g/mol. The molecular formula is C29H39FN4O2. The number of urea groups is 1. The number of amidine groups is 1. The van der Waals surface area contributed by atoms with E-state index < -0.39 is 5.54 Å². The summed E-state index contributed by atoms with van der Waals surface area (Å²) in [6, 6.07) is 14.5. The van der Waals surface area contributed by atoms with Gasteiger partial charge in [0.15, 0.2) is 0 Å². The highest BCUT2D eigenvalue weighted by Gasteiger charge is 2.54. The molecule has 4 rings (SSSR count). The van der Waals surface area contributed by atoms with E-state index in [4.69, 9.17) is 9.73 Å². The van der Waals surface area contributed by atoms with Gasteiger partial charge in [0.1, 0.15) is 22.9 Å². The van der Waals surface area contributed by atoms with Gasteiger partial charge >= 0.3 is 6.03 Å². The largest absolute Gasteiger partial charge is 0.491 e. The smallest absolute Gasteiger partial charge is 0.328 e. The lowest BCUT2D eigenvalue weighted by Crippen LogP contribution is -2.59. The maximum absolute atomic E-state index is 14.2. The number of carbonyl (C=O) groups excluding carboxylic acids is 1. The van der Waals surface area contributed by atoms with Crippen LogP contribution < -0.4 is 15.0 Å². The maximum Gasteiger partial charge on any atom is 0.328 e. The minimum absolute atomic E-state index is 0.0571. The minimum Gasteiger partial charge on any atom is -0.491 e. The number of ether oxygens (including phenoxy) is 1. The first-order chi connectivity index (χ1) is 17.1. The maximum atomic E-state index is 14.2. The standard InChI is InChI=1S/C29H39FN4O2/c1-19(2)22(6)31-27-29(34(28(35)32-27)25-11-8-10-24(30)16-25)13-14-33(21(5)17-29)18-23-9-7-12-26(15-23)36-20(3)4/h7-12,15-16,19-22H,13-14,17-18H2,1-6H3,(H,31,32,35)/t21-,22?,29+/m0/s1. The second-order valence-corrected chi connectivity index (χ2v) is 10.8. The fraction of sp³-hybridized carbons (Fsp3) is 0.517. The van der Waals surface area contributed by atoms with Crippen molar-refractivity contribution >= 4 is 17.6 Å². The van der Waals surface area contributed by atoms with E-state index in [-0.39, 0.29) is 30.0 Å². The van der Waals surface area contributed by atoms with Crippen molar-refractivity contribution in [1.82, 2.24) is 10.2 Å². The number of nitrogens with zero attached hydrogens (tertiary/aromatic N) is 3. The summed E-state index contributed by atoms with van der Waals surface area (Å²) < 4.78 is 20.1. The van der Waals surface area contributed by atoms with Crippen molar-refractivity contribution in [2.45, 2.75) is 84.7 Å². The molecule has 2 heterocycles. The Balaban J connectivity index is 1.63. The molecule has 2 aliphatic heterocycles. The van der Waals surface area contributed by atoms with Crippen LogP contribution in [0.25, 0.3) is 0 Å². The Morgan fingerprint density at radius 1 is 1.14 bits per heavy atom. The predicted molar refractivity (Wildman–Crippen MR) is 143 cm³/mol. The van der Waals surface area contributed by atoms with Crippen molar-refractivity contribution in [3.63, 3.8) is 0 Å². The number of likely N-dealkylation sites (tertiary alicyclic amines) is 1. The van der Waals surface area contributed by atoms with Crippen LogP contribution in [0, 0.1) is 11.7 Å². The Morgan fingerprint density at radius 2 is 1.89 bits per heavy atom. The zero-order chi connectivity index (χ0) is 26.0. The van der Waals surface area contributed by atoms with Crippen LogP contribution in [-0.2, 0) is 6.54 Å². The van der Waals surface area contributed by atoms with Crippen LogP contribution >= 0.6 is 0 Å². The quantitative estimate of drug-likeness (QED) is 0.513. The first-order valence-corrected chi connectivity index (χ1v) is 13.0. The first kappa shape index (κ1) is 26.1. The number of anilines is 1. The van der Waals surface area contributed by atoms with Gasteiger partial charge in [0.05, 0.1) is 12.1 Å². The molecule has 2 aromatic carbocycles. The predicted octanol–water partition coefficient (Wildman–Crippen LogP) is 6.01. The number of piperidine rings is 1. The van der Waals surface area contributed by atoms with Gasteiger partial charge in [-0.1, -0.05) is 32.0 Å². The van der Waals surface area contributed by atoms with E-state index in [1.54, 1.807) is 17.0 Å². The van der Waals surface area contributed by atoms with Crippen LogP contribution in [-0.4, -0.2) is 47.0 Å². The summed E-state index contributed by atoms with van der Waals surface area (Å²) in [5.41, 5.74) is 1.13. The lowest BCUT2D eigenvalue weighted by atomic mass is 9.81. The van der Waals surface area contributed by atoms with E-state index in [1.807, 2.05) is 26.0 Å². The zero-order valence-corrected chi connectivity index (χ0v) is 22.3. The highest BCUT2D eigenvalue weighted by atomic mass is 19.1. The highest BCUT2D eigenvalue weighted by molar-refractivity contribution is 6.19. The molecule has 0 aliphatic carbocycles. The van der Waals surface area contributed by atoms with Crippen LogP contribution in [0.4, 0.5) is 14.9 Å². The molecule has 0 bridgehead atoms. The molecular weight excluding hydrogens is 455 g/mol. The summed E-state index contributed by atoms with van der Waals surface area (Å²) in [5, 5.41) is 3.06. The average molecular weight is 495 g/mol. The molecule has 2 aliphatic rings. The van der Waals surface area contributed by atoms with Crippen LogP contribution in [0.3, 0.4) is 0 Å². The van der Waals surface area contributed by atoms with Gasteiger partial charge in [-0.2, -0.15) is 0 Å². The molecule has 0 aromatic heterocycles. The summed E-state index contributed by atoms with van der Waals surface area (Å²) in [6.45, 7) is 14.2. The number of amides is 2. The lowest BCUT2D eigenvalue weighted by Gasteiger charge is -2.47. The molecule has 3 atom stereocenters. The number of aliphatic imine (C=N–C) groups is 1. The number of rotatable bonds is 7. The molecule has 0 saturated carbocycles. The minimum atomic E-state index is -0.632. The lowest BCUT2D eigenvalue weighted by molar-refractivity contribution is 0.123. The summed E-state index contributed by atoms with van der Waals surface area (Å²) in [4.78, 5) is 22.5. The average Bonchev–Trinajstić information content (AvgIpc) is 3.05. The van der Waals surface area contributed by atoms with Gasteiger partial charge in [0.25, 0.3) is 0 Å². The Labute approximate surface area is 214 Å². The third-order valence-corrected chi connectivity index (χ3v) is 7.39. The molecule has 1 spiro atoms. The number of carbonyl (C=O) groups is 1. The third-order valence-electron chi connectivity index (χ3n) is 7.39. The number of halogens is 1. The first-order valence-electron chi connectivity index (χ1n) is 13.0. The molecule has 2 aromatic rings. The van der Waals surface area contributed by atoms with Crippen LogP contribution in [0.1, 0.15) is 59.9 Å². The molecule has 194 valence electrons.